The van der Waals surface area contributed by atoms with E-state index >= 15 is 0 Å². The molecule has 1 aromatic carbocycles. The number of carbonyl (C=O) groups excluding carboxylic acids is 1. The first-order valence-electron chi connectivity index (χ1n) is 8.18. The molecule has 1 amide bonds. The molecule has 0 N–H and O–H groups in total. The molecule has 118 valence electrons. The molecule has 1 saturated heterocycles. The molecule has 1 aliphatic heterocycles. The molecular weight excluding hydrogens is 288 g/mol. The second kappa shape index (κ2) is 5.99. The van der Waals surface area contributed by atoms with Crippen LogP contribution in [0.4, 0.5) is 5.95 Å². The van der Waals surface area contributed by atoms with Gasteiger partial charge in [-0.25, -0.2) is 9.97 Å². The Morgan fingerprint density at radius 3 is 2.35 bits per heavy atom. The van der Waals surface area contributed by atoms with E-state index in [0.29, 0.717) is 11.8 Å². The van der Waals surface area contributed by atoms with Gasteiger partial charge in [0.15, 0.2) is 0 Å². The van der Waals surface area contributed by atoms with Crippen LogP contribution in [0.3, 0.4) is 0 Å². The van der Waals surface area contributed by atoms with Gasteiger partial charge in [0.25, 0.3) is 0 Å². The second-order valence-electron chi connectivity index (χ2n) is 6.22. The molecule has 2 heterocycles. The first kappa shape index (κ1) is 14.2. The van der Waals surface area contributed by atoms with Crippen molar-refractivity contribution in [3.8, 4) is 0 Å². The minimum atomic E-state index is 0.178. The standard InChI is InChI=1S/C18H20N4O/c23-17(16-13-15(16)14-5-2-1-3-6-14)21-9-11-22(12-10-21)18-19-7-4-8-20-18/h1-8,15-16H,9-13H2. The van der Waals surface area contributed by atoms with Gasteiger partial charge in [0.05, 0.1) is 0 Å². The van der Waals surface area contributed by atoms with Crippen LogP contribution in [-0.2, 0) is 4.79 Å². The maximum absolute atomic E-state index is 12.7. The van der Waals surface area contributed by atoms with Crippen molar-refractivity contribution < 1.29 is 4.79 Å². The molecule has 0 spiro atoms. The van der Waals surface area contributed by atoms with E-state index in [1.54, 1.807) is 12.4 Å². The van der Waals surface area contributed by atoms with Crippen molar-refractivity contribution in [3.63, 3.8) is 0 Å². The van der Waals surface area contributed by atoms with Crippen molar-refractivity contribution in [1.29, 1.82) is 0 Å². The van der Waals surface area contributed by atoms with Crippen molar-refractivity contribution in [1.82, 2.24) is 14.9 Å². The first-order chi connectivity index (χ1) is 11.3. The Kier molecular flexibility index (Phi) is 3.69. The van der Waals surface area contributed by atoms with E-state index < -0.39 is 0 Å². The minimum absolute atomic E-state index is 0.178. The van der Waals surface area contributed by atoms with E-state index in [2.05, 4.69) is 27.0 Å². The number of nitrogens with zero attached hydrogens (tertiary/aromatic N) is 4. The fourth-order valence-corrected chi connectivity index (χ4v) is 3.35. The summed E-state index contributed by atoms with van der Waals surface area (Å²) < 4.78 is 0. The van der Waals surface area contributed by atoms with Crippen LogP contribution < -0.4 is 4.90 Å². The lowest BCUT2D eigenvalue weighted by Gasteiger charge is -2.34. The number of carbonyl (C=O) groups is 1. The van der Waals surface area contributed by atoms with Crippen LogP contribution in [0.25, 0.3) is 0 Å². The highest BCUT2D eigenvalue weighted by molar-refractivity contribution is 5.83. The molecule has 2 aliphatic rings. The van der Waals surface area contributed by atoms with Gasteiger partial charge in [0.2, 0.25) is 11.9 Å². The predicted molar refractivity (Wildman–Crippen MR) is 88.1 cm³/mol. The SMILES string of the molecule is O=C(C1CC1c1ccccc1)N1CCN(c2ncccn2)CC1. The third-order valence-corrected chi connectivity index (χ3v) is 4.76. The lowest BCUT2D eigenvalue weighted by molar-refractivity contribution is -0.133. The number of amides is 1. The lowest BCUT2D eigenvalue weighted by atomic mass is 10.1. The van der Waals surface area contributed by atoms with Gasteiger partial charge in [0, 0.05) is 44.5 Å². The highest BCUT2D eigenvalue weighted by Gasteiger charge is 2.46. The van der Waals surface area contributed by atoms with Crippen molar-refractivity contribution >= 4 is 11.9 Å². The molecule has 0 bridgehead atoms. The summed E-state index contributed by atoms with van der Waals surface area (Å²) >= 11 is 0. The molecule has 1 saturated carbocycles. The summed E-state index contributed by atoms with van der Waals surface area (Å²) in [6.45, 7) is 3.13. The molecule has 4 rings (SSSR count). The van der Waals surface area contributed by atoms with Gasteiger partial charge in [-0.05, 0) is 24.0 Å². The van der Waals surface area contributed by atoms with Crippen LogP contribution in [0.2, 0.25) is 0 Å². The molecule has 1 aliphatic carbocycles. The monoisotopic (exact) mass is 308 g/mol. The molecule has 5 nitrogen and oxygen atoms in total. The van der Waals surface area contributed by atoms with E-state index in [9.17, 15) is 4.79 Å². The van der Waals surface area contributed by atoms with Crippen molar-refractivity contribution in [3.05, 3.63) is 54.4 Å². The minimum Gasteiger partial charge on any atom is -0.339 e. The van der Waals surface area contributed by atoms with Crippen LogP contribution in [0, 0.1) is 5.92 Å². The number of rotatable bonds is 3. The van der Waals surface area contributed by atoms with Gasteiger partial charge in [-0.1, -0.05) is 30.3 Å². The molecule has 2 atom stereocenters. The van der Waals surface area contributed by atoms with Crippen LogP contribution in [0.5, 0.6) is 0 Å². The van der Waals surface area contributed by atoms with Gasteiger partial charge in [-0.15, -0.1) is 0 Å². The molecule has 5 heteroatoms. The summed E-state index contributed by atoms with van der Waals surface area (Å²) in [5.74, 6) is 1.66. The topological polar surface area (TPSA) is 49.3 Å². The average Bonchev–Trinajstić information content (AvgIpc) is 3.44. The van der Waals surface area contributed by atoms with Crippen molar-refractivity contribution in [2.45, 2.75) is 12.3 Å². The van der Waals surface area contributed by atoms with Crippen LogP contribution in [-0.4, -0.2) is 47.0 Å². The van der Waals surface area contributed by atoms with Crippen molar-refractivity contribution in [2.75, 3.05) is 31.1 Å². The number of anilines is 1. The smallest absolute Gasteiger partial charge is 0.226 e. The molecule has 23 heavy (non-hydrogen) atoms. The zero-order valence-corrected chi connectivity index (χ0v) is 13.0. The molecular formula is C18H20N4O. The van der Waals surface area contributed by atoms with Crippen LogP contribution in [0.1, 0.15) is 17.9 Å². The quantitative estimate of drug-likeness (QED) is 0.869. The number of piperazine rings is 1. The van der Waals surface area contributed by atoms with E-state index in [-0.39, 0.29) is 5.92 Å². The summed E-state index contributed by atoms with van der Waals surface area (Å²) in [6.07, 6.45) is 4.51. The summed E-state index contributed by atoms with van der Waals surface area (Å²) in [7, 11) is 0. The Morgan fingerprint density at radius 1 is 0.957 bits per heavy atom. The zero-order chi connectivity index (χ0) is 15.6. The van der Waals surface area contributed by atoms with Gasteiger partial charge >= 0.3 is 0 Å². The summed E-state index contributed by atoms with van der Waals surface area (Å²) in [4.78, 5) is 25.4. The number of aromatic nitrogens is 2. The van der Waals surface area contributed by atoms with Gasteiger partial charge < -0.3 is 9.80 Å². The summed E-state index contributed by atoms with van der Waals surface area (Å²) in [5, 5.41) is 0. The lowest BCUT2D eigenvalue weighted by Crippen LogP contribution is -2.49. The fourth-order valence-electron chi connectivity index (χ4n) is 3.35. The van der Waals surface area contributed by atoms with E-state index in [0.717, 1.165) is 38.5 Å². The average molecular weight is 308 g/mol. The normalized spacial score (nSPS) is 23.7. The van der Waals surface area contributed by atoms with Gasteiger partial charge in [0.1, 0.15) is 0 Å². The molecule has 2 fully saturated rings. The Hall–Kier alpha value is -2.43. The summed E-state index contributed by atoms with van der Waals surface area (Å²) in [5.41, 5.74) is 1.29. The van der Waals surface area contributed by atoms with Gasteiger partial charge in [-0.3, -0.25) is 4.79 Å². The fraction of sp³-hybridized carbons (Fsp3) is 0.389. The highest BCUT2D eigenvalue weighted by atomic mass is 16.2. The van der Waals surface area contributed by atoms with E-state index in [1.807, 2.05) is 29.2 Å². The maximum atomic E-state index is 12.7. The Balaban J connectivity index is 1.34. The molecule has 2 unspecified atom stereocenters. The van der Waals surface area contributed by atoms with E-state index in [1.165, 1.54) is 5.56 Å². The largest absolute Gasteiger partial charge is 0.339 e. The molecule has 0 radical (unpaired) electrons. The predicted octanol–water partition coefficient (Wildman–Crippen LogP) is 1.93. The number of benzene rings is 1. The number of hydrogen-bond donors (Lipinski definition) is 0. The molecule has 1 aromatic heterocycles. The maximum Gasteiger partial charge on any atom is 0.226 e. The van der Waals surface area contributed by atoms with Gasteiger partial charge in [-0.2, -0.15) is 0 Å². The van der Waals surface area contributed by atoms with Crippen LogP contribution in [0.15, 0.2) is 48.8 Å². The Labute approximate surface area is 136 Å². The molecule has 2 aromatic rings. The highest BCUT2D eigenvalue weighted by Crippen LogP contribution is 2.48. The summed E-state index contributed by atoms with van der Waals surface area (Å²) in [6, 6.07) is 12.2. The Bertz CT molecular complexity index is 668. The van der Waals surface area contributed by atoms with Crippen molar-refractivity contribution in [2.24, 2.45) is 5.92 Å². The van der Waals surface area contributed by atoms with E-state index in [4.69, 9.17) is 0 Å². The first-order valence-corrected chi connectivity index (χ1v) is 8.18. The number of hydrogen-bond acceptors (Lipinski definition) is 4. The third-order valence-electron chi connectivity index (χ3n) is 4.76. The zero-order valence-electron chi connectivity index (χ0n) is 13.0. The second-order valence-corrected chi connectivity index (χ2v) is 6.22. The third kappa shape index (κ3) is 2.91. The Morgan fingerprint density at radius 2 is 1.65 bits per heavy atom. The van der Waals surface area contributed by atoms with Crippen LogP contribution >= 0.6 is 0 Å².